The minimum atomic E-state index is 0.432. The summed E-state index contributed by atoms with van der Waals surface area (Å²) < 4.78 is 7.13. The maximum absolute atomic E-state index is 6.02. The van der Waals surface area contributed by atoms with Crippen molar-refractivity contribution in [3.8, 4) is 5.75 Å². The molecule has 16 heavy (non-hydrogen) atoms. The third-order valence-electron chi connectivity index (χ3n) is 3.17. The fourth-order valence-corrected chi connectivity index (χ4v) is 2.51. The average Bonchev–Trinajstić information content (AvgIpc) is 2.25. The molecule has 2 rings (SSSR count). The number of rotatable bonds is 2. The van der Waals surface area contributed by atoms with Gasteiger partial charge in [-0.1, -0.05) is 35.2 Å². The first-order valence-electron chi connectivity index (χ1n) is 6.27. The second-order valence-electron chi connectivity index (χ2n) is 4.54. The molecule has 88 valence electrons. The minimum absolute atomic E-state index is 0.432. The Labute approximate surface area is 106 Å². The highest BCUT2D eigenvalue weighted by Crippen LogP contribution is 2.23. The second kappa shape index (κ2) is 6.29. The molecule has 1 aromatic carbocycles. The quantitative estimate of drug-likeness (QED) is 0.747. The van der Waals surface area contributed by atoms with Crippen LogP contribution in [-0.4, -0.2) is 6.10 Å². The summed E-state index contributed by atoms with van der Waals surface area (Å²) in [5.41, 5.74) is 0. The van der Waals surface area contributed by atoms with E-state index < -0.39 is 0 Å². The largest absolute Gasteiger partial charge is 0.490 e. The Bertz CT molecular complexity index is 299. The van der Waals surface area contributed by atoms with Gasteiger partial charge in [0, 0.05) is 4.47 Å². The van der Waals surface area contributed by atoms with E-state index in [0.29, 0.717) is 6.10 Å². The van der Waals surface area contributed by atoms with Crippen LogP contribution >= 0.6 is 15.9 Å². The predicted molar refractivity (Wildman–Crippen MR) is 70.9 cm³/mol. The molecule has 0 atom stereocenters. The minimum Gasteiger partial charge on any atom is -0.490 e. The molecule has 0 spiro atoms. The molecule has 1 nitrogen and oxygen atoms in total. The van der Waals surface area contributed by atoms with Gasteiger partial charge in [-0.05, 0) is 49.9 Å². The van der Waals surface area contributed by atoms with Crippen LogP contribution in [0, 0.1) is 0 Å². The lowest BCUT2D eigenvalue weighted by molar-refractivity contribution is 0.166. The molecule has 0 heterocycles. The summed E-state index contributed by atoms with van der Waals surface area (Å²) >= 11 is 3.44. The zero-order valence-corrected chi connectivity index (χ0v) is 11.2. The van der Waals surface area contributed by atoms with E-state index in [1.165, 1.54) is 44.9 Å². The maximum Gasteiger partial charge on any atom is 0.119 e. The van der Waals surface area contributed by atoms with Crippen molar-refractivity contribution >= 4 is 15.9 Å². The van der Waals surface area contributed by atoms with Gasteiger partial charge in [0.15, 0.2) is 0 Å². The standard InChI is InChI=1S/C14H19BrO/c15-12-8-10-14(11-9-12)16-13-6-4-2-1-3-5-7-13/h8-11,13H,1-7H2. The third kappa shape index (κ3) is 3.82. The van der Waals surface area contributed by atoms with Crippen molar-refractivity contribution in [1.82, 2.24) is 0 Å². The average molecular weight is 283 g/mol. The Hall–Kier alpha value is -0.500. The lowest BCUT2D eigenvalue weighted by Gasteiger charge is -2.21. The Balaban J connectivity index is 1.89. The molecule has 1 aliphatic rings. The summed E-state index contributed by atoms with van der Waals surface area (Å²) in [5, 5.41) is 0. The van der Waals surface area contributed by atoms with E-state index in [2.05, 4.69) is 15.9 Å². The number of ether oxygens (including phenoxy) is 1. The van der Waals surface area contributed by atoms with Crippen molar-refractivity contribution < 1.29 is 4.74 Å². The first-order chi connectivity index (χ1) is 7.84. The monoisotopic (exact) mass is 282 g/mol. The van der Waals surface area contributed by atoms with E-state index in [1.807, 2.05) is 24.3 Å². The van der Waals surface area contributed by atoms with Crippen LogP contribution in [0.5, 0.6) is 5.75 Å². The van der Waals surface area contributed by atoms with Gasteiger partial charge in [-0.3, -0.25) is 0 Å². The summed E-state index contributed by atoms with van der Waals surface area (Å²) in [6.07, 6.45) is 9.67. The van der Waals surface area contributed by atoms with E-state index in [9.17, 15) is 0 Å². The fourth-order valence-electron chi connectivity index (χ4n) is 2.24. The molecule has 0 radical (unpaired) electrons. The number of hydrogen-bond donors (Lipinski definition) is 0. The van der Waals surface area contributed by atoms with E-state index >= 15 is 0 Å². The molecule has 0 bridgehead atoms. The van der Waals surface area contributed by atoms with Gasteiger partial charge in [0.2, 0.25) is 0 Å². The van der Waals surface area contributed by atoms with Crippen LogP contribution in [0.1, 0.15) is 44.9 Å². The summed E-state index contributed by atoms with van der Waals surface area (Å²) in [5.74, 6) is 1.01. The fraction of sp³-hybridized carbons (Fsp3) is 0.571. The van der Waals surface area contributed by atoms with Crippen LogP contribution in [0.25, 0.3) is 0 Å². The number of halogens is 1. The van der Waals surface area contributed by atoms with Crippen LogP contribution < -0.4 is 4.74 Å². The van der Waals surface area contributed by atoms with Gasteiger partial charge in [0.05, 0.1) is 6.10 Å². The second-order valence-corrected chi connectivity index (χ2v) is 5.45. The molecule has 0 aromatic heterocycles. The predicted octanol–water partition coefficient (Wildman–Crippen LogP) is 4.94. The molecule has 0 saturated heterocycles. The number of hydrogen-bond acceptors (Lipinski definition) is 1. The van der Waals surface area contributed by atoms with Crippen molar-refractivity contribution in [2.75, 3.05) is 0 Å². The molecule has 2 heteroatoms. The number of benzene rings is 1. The zero-order valence-electron chi connectivity index (χ0n) is 9.62. The Morgan fingerprint density at radius 2 is 1.44 bits per heavy atom. The van der Waals surface area contributed by atoms with E-state index in [0.717, 1.165) is 10.2 Å². The Morgan fingerprint density at radius 3 is 2.06 bits per heavy atom. The summed E-state index contributed by atoms with van der Waals surface area (Å²) in [7, 11) is 0. The SMILES string of the molecule is Brc1ccc(OC2CCCCCCC2)cc1. The first-order valence-corrected chi connectivity index (χ1v) is 7.06. The van der Waals surface area contributed by atoms with Crippen molar-refractivity contribution in [2.24, 2.45) is 0 Å². The topological polar surface area (TPSA) is 9.23 Å². The van der Waals surface area contributed by atoms with Gasteiger partial charge in [-0.25, -0.2) is 0 Å². The summed E-state index contributed by atoms with van der Waals surface area (Å²) in [6, 6.07) is 8.17. The molecule has 1 fully saturated rings. The summed E-state index contributed by atoms with van der Waals surface area (Å²) in [6.45, 7) is 0. The van der Waals surface area contributed by atoms with E-state index in [-0.39, 0.29) is 0 Å². The molecule has 0 aliphatic heterocycles. The maximum atomic E-state index is 6.02. The van der Waals surface area contributed by atoms with Crippen molar-refractivity contribution in [3.63, 3.8) is 0 Å². The molecular formula is C14H19BrO. The molecule has 1 aliphatic carbocycles. The van der Waals surface area contributed by atoms with Crippen molar-refractivity contribution in [2.45, 2.75) is 51.0 Å². The van der Waals surface area contributed by atoms with Crippen LogP contribution in [0.2, 0.25) is 0 Å². The normalized spacial score (nSPS) is 18.8. The van der Waals surface area contributed by atoms with E-state index in [4.69, 9.17) is 4.74 Å². The van der Waals surface area contributed by atoms with Gasteiger partial charge >= 0.3 is 0 Å². The molecule has 1 saturated carbocycles. The van der Waals surface area contributed by atoms with Gasteiger partial charge in [-0.15, -0.1) is 0 Å². The Kier molecular flexibility index (Phi) is 4.70. The van der Waals surface area contributed by atoms with Crippen LogP contribution in [0.15, 0.2) is 28.7 Å². The van der Waals surface area contributed by atoms with Gasteiger partial charge in [0.25, 0.3) is 0 Å². The van der Waals surface area contributed by atoms with E-state index in [1.54, 1.807) is 0 Å². The first kappa shape index (κ1) is 12.0. The van der Waals surface area contributed by atoms with Crippen LogP contribution in [-0.2, 0) is 0 Å². The smallest absolute Gasteiger partial charge is 0.119 e. The zero-order chi connectivity index (χ0) is 11.2. The highest BCUT2D eigenvalue weighted by Gasteiger charge is 2.12. The molecule has 1 aromatic rings. The summed E-state index contributed by atoms with van der Waals surface area (Å²) in [4.78, 5) is 0. The lowest BCUT2D eigenvalue weighted by atomic mass is 9.98. The third-order valence-corrected chi connectivity index (χ3v) is 3.70. The van der Waals surface area contributed by atoms with Crippen molar-refractivity contribution in [1.29, 1.82) is 0 Å². The van der Waals surface area contributed by atoms with Crippen LogP contribution in [0.3, 0.4) is 0 Å². The molecule has 0 unspecified atom stereocenters. The van der Waals surface area contributed by atoms with Gasteiger partial charge in [0.1, 0.15) is 5.75 Å². The highest BCUT2D eigenvalue weighted by atomic mass is 79.9. The molecule has 0 amide bonds. The van der Waals surface area contributed by atoms with Gasteiger partial charge < -0.3 is 4.74 Å². The molecular weight excluding hydrogens is 264 g/mol. The molecule has 0 N–H and O–H groups in total. The van der Waals surface area contributed by atoms with Crippen LogP contribution in [0.4, 0.5) is 0 Å². The van der Waals surface area contributed by atoms with Gasteiger partial charge in [-0.2, -0.15) is 0 Å². The lowest BCUT2D eigenvalue weighted by Crippen LogP contribution is -2.17. The van der Waals surface area contributed by atoms with Crippen molar-refractivity contribution in [3.05, 3.63) is 28.7 Å². The highest BCUT2D eigenvalue weighted by molar-refractivity contribution is 9.10. The Morgan fingerprint density at radius 1 is 0.875 bits per heavy atom.